The SMILES string of the molecule is CNC(=O)NCc1ccc(COC)cc1. The number of hydrogen-bond acceptors (Lipinski definition) is 2. The summed E-state index contributed by atoms with van der Waals surface area (Å²) in [4.78, 5) is 10.9. The van der Waals surface area contributed by atoms with E-state index in [0.717, 1.165) is 11.1 Å². The van der Waals surface area contributed by atoms with Crippen molar-refractivity contribution in [2.45, 2.75) is 13.2 Å². The Morgan fingerprint density at radius 1 is 1.27 bits per heavy atom. The molecule has 0 saturated heterocycles. The third kappa shape index (κ3) is 3.99. The molecule has 0 radical (unpaired) electrons. The second-order valence-corrected chi connectivity index (χ2v) is 3.18. The minimum absolute atomic E-state index is 0.170. The van der Waals surface area contributed by atoms with Crippen LogP contribution >= 0.6 is 0 Å². The van der Waals surface area contributed by atoms with Crippen molar-refractivity contribution >= 4 is 6.03 Å². The first kappa shape index (κ1) is 11.5. The van der Waals surface area contributed by atoms with Crippen molar-refractivity contribution in [1.29, 1.82) is 0 Å². The fraction of sp³-hybridized carbons (Fsp3) is 0.364. The van der Waals surface area contributed by atoms with E-state index in [1.54, 1.807) is 14.2 Å². The highest BCUT2D eigenvalue weighted by atomic mass is 16.5. The van der Waals surface area contributed by atoms with Gasteiger partial charge in [0.1, 0.15) is 0 Å². The van der Waals surface area contributed by atoms with Crippen LogP contribution in [0.4, 0.5) is 4.79 Å². The maximum absolute atomic E-state index is 10.9. The van der Waals surface area contributed by atoms with Gasteiger partial charge in [-0.05, 0) is 11.1 Å². The van der Waals surface area contributed by atoms with Gasteiger partial charge >= 0.3 is 6.03 Å². The Bertz CT molecular complexity index is 309. The van der Waals surface area contributed by atoms with Crippen LogP contribution in [0.25, 0.3) is 0 Å². The Morgan fingerprint density at radius 2 is 1.87 bits per heavy atom. The summed E-state index contributed by atoms with van der Waals surface area (Å²) in [6.07, 6.45) is 0. The van der Waals surface area contributed by atoms with Crippen LogP contribution in [-0.2, 0) is 17.9 Å². The van der Waals surface area contributed by atoms with Crippen LogP contribution in [0.15, 0.2) is 24.3 Å². The second kappa shape index (κ2) is 6.03. The quantitative estimate of drug-likeness (QED) is 0.782. The van der Waals surface area contributed by atoms with Crippen molar-refractivity contribution in [1.82, 2.24) is 10.6 Å². The lowest BCUT2D eigenvalue weighted by atomic mass is 10.1. The van der Waals surface area contributed by atoms with Crippen molar-refractivity contribution in [3.05, 3.63) is 35.4 Å². The first-order valence-corrected chi connectivity index (χ1v) is 4.78. The summed E-state index contributed by atoms with van der Waals surface area (Å²) in [5.74, 6) is 0. The number of carbonyl (C=O) groups is 1. The van der Waals surface area contributed by atoms with Gasteiger partial charge in [-0.25, -0.2) is 4.79 Å². The lowest BCUT2D eigenvalue weighted by molar-refractivity contribution is 0.185. The molecule has 0 atom stereocenters. The summed E-state index contributed by atoms with van der Waals surface area (Å²) in [6, 6.07) is 7.76. The second-order valence-electron chi connectivity index (χ2n) is 3.18. The molecule has 15 heavy (non-hydrogen) atoms. The van der Waals surface area contributed by atoms with Crippen molar-refractivity contribution in [3.8, 4) is 0 Å². The zero-order valence-corrected chi connectivity index (χ0v) is 9.04. The van der Waals surface area contributed by atoms with Crippen molar-refractivity contribution < 1.29 is 9.53 Å². The molecule has 2 amide bonds. The Morgan fingerprint density at radius 3 is 2.40 bits per heavy atom. The van der Waals surface area contributed by atoms with E-state index in [9.17, 15) is 4.79 Å². The van der Waals surface area contributed by atoms with Gasteiger partial charge < -0.3 is 15.4 Å². The van der Waals surface area contributed by atoms with E-state index in [0.29, 0.717) is 13.2 Å². The maximum atomic E-state index is 10.9. The highest BCUT2D eigenvalue weighted by Crippen LogP contribution is 2.04. The zero-order valence-electron chi connectivity index (χ0n) is 9.04. The van der Waals surface area contributed by atoms with Gasteiger partial charge in [-0.3, -0.25) is 0 Å². The van der Waals surface area contributed by atoms with E-state index in [1.165, 1.54) is 0 Å². The summed E-state index contributed by atoms with van der Waals surface area (Å²) in [5, 5.41) is 5.22. The van der Waals surface area contributed by atoms with Crippen molar-refractivity contribution in [2.75, 3.05) is 14.2 Å². The summed E-state index contributed by atoms with van der Waals surface area (Å²) < 4.78 is 5.00. The van der Waals surface area contributed by atoms with Gasteiger partial charge in [0.25, 0.3) is 0 Å². The fourth-order valence-electron chi connectivity index (χ4n) is 1.19. The number of amides is 2. The number of nitrogens with one attached hydrogen (secondary N) is 2. The van der Waals surface area contributed by atoms with Crippen LogP contribution in [-0.4, -0.2) is 20.2 Å². The van der Waals surface area contributed by atoms with Gasteiger partial charge in [0.05, 0.1) is 6.61 Å². The fourth-order valence-corrected chi connectivity index (χ4v) is 1.19. The average molecular weight is 208 g/mol. The summed E-state index contributed by atoms with van der Waals surface area (Å²) >= 11 is 0. The summed E-state index contributed by atoms with van der Waals surface area (Å²) in [7, 11) is 3.26. The molecule has 0 spiro atoms. The van der Waals surface area contributed by atoms with E-state index in [1.807, 2.05) is 24.3 Å². The minimum Gasteiger partial charge on any atom is -0.380 e. The lowest BCUT2D eigenvalue weighted by Gasteiger charge is -2.05. The van der Waals surface area contributed by atoms with Gasteiger partial charge in [0.2, 0.25) is 0 Å². The van der Waals surface area contributed by atoms with Gasteiger partial charge in [0, 0.05) is 20.7 Å². The average Bonchev–Trinajstić information content (AvgIpc) is 2.28. The standard InChI is InChI=1S/C11H16N2O2/c1-12-11(14)13-7-9-3-5-10(6-4-9)8-15-2/h3-6H,7-8H2,1-2H3,(H2,12,13,14). The number of hydrogen-bond donors (Lipinski definition) is 2. The molecule has 1 aromatic carbocycles. The first-order valence-electron chi connectivity index (χ1n) is 4.78. The van der Waals surface area contributed by atoms with E-state index >= 15 is 0 Å². The Balaban J connectivity index is 2.45. The monoisotopic (exact) mass is 208 g/mol. The van der Waals surface area contributed by atoms with Gasteiger partial charge in [-0.1, -0.05) is 24.3 Å². The molecular weight excluding hydrogens is 192 g/mol. The number of benzene rings is 1. The molecule has 0 aromatic heterocycles. The van der Waals surface area contributed by atoms with Crippen LogP contribution < -0.4 is 10.6 Å². The Kier molecular flexibility index (Phi) is 4.63. The Labute approximate surface area is 89.6 Å². The maximum Gasteiger partial charge on any atom is 0.314 e. The molecule has 0 aliphatic heterocycles. The molecule has 1 aromatic rings. The normalized spacial score (nSPS) is 9.73. The first-order chi connectivity index (χ1) is 7.26. The smallest absolute Gasteiger partial charge is 0.314 e. The van der Waals surface area contributed by atoms with E-state index in [-0.39, 0.29) is 6.03 Å². The van der Waals surface area contributed by atoms with Crippen molar-refractivity contribution in [3.63, 3.8) is 0 Å². The number of carbonyl (C=O) groups excluding carboxylic acids is 1. The molecule has 4 heteroatoms. The number of methoxy groups -OCH3 is 1. The van der Waals surface area contributed by atoms with Crippen LogP contribution in [0, 0.1) is 0 Å². The summed E-state index contributed by atoms with van der Waals surface area (Å²) in [6.45, 7) is 1.15. The van der Waals surface area contributed by atoms with E-state index < -0.39 is 0 Å². The zero-order chi connectivity index (χ0) is 11.1. The van der Waals surface area contributed by atoms with Crippen LogP contribution in [0.1, 0.15) is 11.1 Å². The molecule has 0 unspecified atom stereocenters. The highest BCUT2D eigenvalue weighted by molar-refractivity contribution is 5.73. The van der Waals surface area contributed by atoms with E-state index in [2.05, 4.69) is 10.6 Å². The number of urea groups is 1. The molecule has 0 saturated carbocycles. The summed E-state index contributed by atoms with van der Waals surface area (Å²) in [5.41, 5.74) is 2.19. The minimum atomic E-state index is -0.170. The van der Waals surface area contributed by atoms with Gasteiger partial charge in [0.15, 0.2) is 0 Å². The predicted molar refractivity (Wildman–Crippen MR) is 58.5 cm³/mol. The topological polar surface area (TPSA) is 50.4 Å². The van der Waals surface area contributed by atoms with Gasteiger partial charge in [-0.15, -0.1) is 0 Å². The van der Waals surface area contributed by atoms with Crippen LogP contribution in [0.3, 0.4) is 0 Å². The van der Waals surface area contributed by atoms with Gasteiger partial charge in [-0.2, -0.15) is 0 Å². The molecule has 4 nitrogen and oxygen atoms in total. The molecule has 0 aliphatic carbocycles. The largest absolute Gasteiger partial charge is 0.380 e. The molecule has 0 heterocycles. The molecule has 0 fully saturated rings. The lowest BCUT2D eigenvalue weighted by Crippen LogP contribution is -2.32. The molecule has 1 rings (SSSR count). The highest BCUT2D eigenvalue weighted by Gasteiger charge is 1.97. The third-order valence-electron chi connectivity index (χ3n) is 2.01. The predicted octanol–water partition coefficient (Wildman–Crippen LogP) is 1.26. The van der Waals surface area contributed by atoms with Crippen LogP contribution in [0.5, 0.6) is 0 Å². The number of rotatable bonds is 4. The molecule has 0 bridgehead atoms. The molecular formula is C11H16N2O2. The van der Waals surface area contributed by atoms with Crippen LogP contribution in [0.2, 0.25) is 0 Å². The number of ether oxygens (including phenoxy) is 1. The van der Waals surface area contributed by atoms with Crippen molar-refractivity contribution in [2.24, 2.45) is 0 Å². The van der Waals surface area contributed by atoms with E-state index in [4.69, 9.17) is 4.74 Å². The molecule has 0 aliphatic rings. The third-order valence-corrected chi connectivity index (χ3v) is 2.01. The Hall–Kier alpha value is -1.55. The molecule has 82 valence electrons. The molecule has 2 N–H and O–H groups in total.